The minimum Gasteiger partial charge on any atom is -0.368 e. The van der Waals surface area contributed by atoms with Gasteiger partial charge in [-0.1, -0.05) is 6.92 Å². The van der Waals surface area contributed by atoms with Gasteiger partial charge in [-0.15, -0.1) is 0 Å². The number of hydrogen-bond donors (Lipinski definition) is 3. The molecule has 0 aliphatic rings. The Morgan fingerprint density at radius 3 is 2.05 bits per heavy atom. The number of primary amides is 1. The van der Waals surface area contributed by atoms with Gasteiger partial charge in [0.1, 0.15) is 0 Å². The summed E-state index contributed by atoms with van der Waals surface area (Å²) in [6, 6.07) is 6.27. The molecule has 120 valence electrons. The van der Waals surface area contributed by atoms with E-state index in [2.05, 4.69) is 10.6 Å². The molecule has 3 amide bonds. The van der Waals surface area contributed by atoms with Crippen LogP contribution in [-0.4, -0.2) is 41.8 Å². The predicted octanol–water partition coefficient (Wildman–Crippen LogP) is 0.779. The maximum Gasteiger partial charge on any atom is 0.238 e. The zero-order valence-corrected chi connectivity index (χ0v) is 13.1. The number of anilines is 2. The van der Waals surface area contributed by atoms with E-state index in [1.807, 2.05) is 6.92 Å². The Morgan fingerprint density at radius 2 is 1.64 bits per heavy atom. The Balaban J connectivity index is 2.60. The smallest absolute Gasteiger partial charge is 0.238 e. The Kier molecular flexibility index (Phi) is 6.52. The Morgan fingerprint density at radius 1 is 1.14 bits per heavy atom. The van der Waals surface area contributed by atoms with Gasteiger partial charge in [0.15, 0.2) is 0 Å². The van der Waals surface area contributed by atoms with Gasteiger partial charge in [0.05, 0.1) is 12.6 Å². The fraction of sp³-hybridized carbons (Fsp3) is 0.400. The number of nitrogens with zero attached hydrogens (tertiary/aromatic N) is 1. The molecule has 1 atom stereocenters. The molecule has 7 nitrogen and oxygen atoms in total. The predicted molar refractivity (Wildman–Crippen MR) is 85.3 cm³/mol. The van der Waals surface area contributed by atoms with Crippen LogP contribution in [0.4, 0.5) is 11.4 Å². The van der Waals surface area contributed by atoms with E-state index in [-0.39, 0.29) is 18.4 Å². The molecule has 0 spiro atoms. The standard InChI is InChI=1S/C15H22N4O3/c1-4-19(10(2)15(16)22)9-14(21)18-13-7-5-12(6-8-13)17-11(3)20/h5-8,10H,4,9H2,1-3H3,(H2,16,22)(H,17,20)(H,18,21)/t10-/m0/s1. The van der Waals surface area contributed by atoms with Crippen LogP contribution in [0.15, 0.2) is 24.3 Å². The van der Waals surface area contributed by atoms with E-state index in [0.717, 1.165) is 0 Å². The summed E-state index contributed by atoms with van der Waals surface area (Å²) < 4.78 is 0. The summed E-state index contributed by atoms with van der Waals surface area (Å²) in [6.07, 6.45) is 0. The highest BCUT2D eigenvalue weighted by molar-refractivity contribution is 5.93. The van der Waals surface area contributed by atoms with E-state index >= 15 is 0 Å². The van der Waals surface area contributed by atoms with Crippen LogP contribution in [0.2, 0.25) is 0 Å². The largest absolute Gasteiger partial charge is 0.368 e. The lowest BCUT2D eigenvalue weighted by Crippen LogP contribution is -2.46. The summed E-state index contributed by atoms with van der Waals surface area (Å²) in [6.45, 7) is 5.57. The quantitative estimate of drug-likeness (QED) is 0.692. The van der Waals surface area contributed by atoms with Crippen LogP contribution in [0, 0.1) is 0 Å². The molecule has 1 rings (SSSR count). The van der Waals surface area contributed by atoms with E-state index in [0.29, 0.717) is 17.9 Å². The first-order valence-corrected chi connectivity index (χ1v) is 7.04. The second-order valence-corrected chi connectivity index (χ2v) is 4.95. The van der Waals surface area contributed by atoms with Gasteiger partial charge in [0.2, 0.25) is 17.7 Å². The molecule has 0 aromatic heterocycles. The molecule has 0 saturated carbocycles. The first kappa shape index (κ1) is 17.6. The van der Waals surface area contributed by atoms with Crippen molar-refractivity contribution in [2.24, 2.45) is 5.73 Å². The fourth-order valence-corrected chi connectivity index (χ4v) is 1.93. The molecular weight excluding hydrogens is 284 g/mol. The van der Waals surface area contributed by atoms with Crippen LogP contribution in [0.5, 0.6) is 0 Å². The number of nitrogens with two attached hydrogens (primary N) is 1. The highest BCUT2D eigenvalue weighted by atomic mass is 16.2. The summed E-state index contributed by atoms with van der Waals surface area (Å²) in [5.41, 5.74) is 6.52. The Hall–Kier alpha value is -2.41. The maximum absolute atomic E-state index is 12.0. The van der Waals surface area contributed by atoms with Crippen molar-refractivity contribution in [3.05, 3.63) is 24.3 Å². The SMILES string of the molecule is CCN(CC(=O)Nc1ccc(NC(C)=O)cc1)[C@@H](C)C(N)=O. The molecule has 22 heavy (non-hydrogen) atoms. The molecule has 0 aliphatic heterocycles. The van der Waals surface area contributed by atoms with Crippen molar-refractivity contribution in [2.45, 2.75) is 26.8 Å². The molecule has 0 aliphatic carbocycles. The molecule has 0 saturated heterocycles. The van der Waals surface area contributed by atoms with Gasteiger partial charge in [-0.3, -0.25) is 19.3 Å². The minimum absolute atomic E-state index is 0.0774. The third-order valence-electron chi connectivity index (χ3n) is 3.20. The van der Waals surface area contributed by atoms with Crippen molar-refractivity contribution in [3.63, 3.8) is 0 Å². The maximum atomic E-state index is 12.0. The molecule has 1 aromatic rings. The molecule has 0 fully saturated rings. The topological polar surface area (TPSA) is 105 Å². The summed E-state index contributed by atoms with van der Waals surface area (Å²) >= 11 is 0. The molecule has 4 N–H and O–H groups in total. The summed E-state index contributed by atoms with van der Waals surface area (Å²) in [7, 11) is 0. The normalized spacial score (nSPS) is 11.8. The number of carbonyl (C=O) groups is 3. The van der Waals surface area contributed by atoms with E-state index in [1.54, 1.807) is 36.1 Å². The summed E-state index contributed by atoms with van der Waals surface area (Å²) in [4.78, 5) is 35.8. The van der Waals surface area contributed by atoms with Gasteiger partial charge in [0.25, 0.3) is 0 Å². The first-order valence-electron chi connectivity index (χ1n) is 7.04. The highest BCUT2D eigenvalue weighted by Crippen LogP contribution is 2.13. The van der Waals surface area contributed by atoms with Crippen LogP contribution in [0.3, 0.4) is 0 Å². The number of benzene rings is 1. The van der Waals surface area contributed by atoms with Crippen molar-refractivity contribution >= 4 is 29.1 Å². The van der Waals surface area contributed by atoms with Crippen LogP contribution in [-0.2, 0) is 14.4 Å². The first-order chi connectivity index (χ1) is 10.3. The third kappa shape index (κ3) is 5.53. The summed E-state index contributed by atoms with van der Waals surface area (Å²) in [5.74, 6) is -0.854. The molecule has 7 heteroatoms. The summed E-state index contributed by atoms with van der Waals surface area (Å²) in [5, 5.41) is 5.38. The lowest BCUT2D eigenvalue weighted by Gasteiger charge is -2.24. The lowest BCUT2D eigenvalue weighted by atomic mass is 10.2. The zero-order valence-electron chi connectivity index (χ0n) is 13.1. The average Bonchev–Trinajstić information content (AvgIpc) is 2.45. The highest BCUT2D eigenvalue weighted by Gasteiger charge is 2.19. The van der Waals surface area contributed by atoms with Gasteiger partial charge in [-0.2, -0.15) is 0 Å². The average molecular weight is 306 g/mol. The number of likely N-dealkylation sites (N-methyl/N-ethyl adjacent to an activating group) is 1. The van der Waals surface area contributed by atoms with E-state index in [9.17, 15) is 14.4 Å². The monoisotopic (exact) mass is 306 g/mol. The molecular formula is C15H22N4O3. The van der Waals surface area contributed by atoms with Gasteiger partial charge >= 0.3 is 0 Å². The van der Waals surface area contributed by atoms with E-state index in [1.165, 1.54) is 6.92 Å². The van der Waals surface area contributed by atoms with Crippen LogP contribution >= 0.6 is 0 Å². The van der Waals surface area contributed by atoms with Gasteiger partial charge in [-0.05, 0) is 37.7 Å². The van der Waals surface area contributed by atoms with Crippen molar-refractivity contribution < 1.29 is 14.4 Å². The van der Waals surface area contributed by atoms with Gasteiger partial charge in [-0.25, -0.2) is 0 Å². The fourth-order valence-electron chi connectivity index (χ4n) is 1.93. The van der Waals surface area contributed by atoms with Crippen LogP contribution in [0.1, 0.15) is 20.8 Å². The van der Waals surface area contributed by atoms with Crippen molar-refractivity contribution in [3.8, 4) is 0 Å². The molecule has 1 aromatic carbocycles. The molecule has 0 heterocycles. The molecule has 0 bridgehead atoms. The van der Waals surface area contributed by atoms with Crippen molar-refractivity contribution in [1.29, 1.82) is 0 Å². The molecule has 0 radical (unpaired) electrons. The number of rotatable bonds is 7. The van der Waals surface area contributed by atoms with E-state index in [4.69, 9.17) is 5.73 Å². The molecule has 0 unspecified atom stereocenters. The Labute approximate surface area is 129 Å². The zero-order chi connectivity index (χ0) is 16.7. The number of hydrogen-bond acceptors (Lipinski definition) is 4. The Bertz CT molecular complexity index is 542. The lowest BCUT2D eigenvalue weighted by molar-refractivity contribution is -0.124. The third-order valence-corrected chi connectivity index (χ3v) is 3.20. The number of amides is 3. The van der Waals surface area contributed by atoms with Gasteiger partial charge in [0, 0.05) is 18.3 Å². The second-order valence-electron chi connectivity index (χ2n) is 4.95. The minimum atomic E-state index is -0.502. The van der Waals surface area contributed by atoms with Crippen molar-refractivity contribution in [1.82, 2.24) is 4.90 Å². The van der Waals surface area contributed by atoms with Gasteiger partial charge < -0.3 is 16.4 Å². The number of nitrogens with one attached hydrogen (secondary N) is 2. The van der Waals surface area contributed by atoms with Crippen molar-refractivity contribution in [2.75, 3.05) is 23.7 Å². The van der Waals surface area contributed by atoms with Crippen LogP contribution < -0.4 is 16.4 Å². The second kappa shape index (κ2) is 8.14. The number of carbonyl (C=O) groups excluding carboxylic acids is 3. The van der Waals surface area contributed by atoms with Crippen LogP contribution in [0.25, 0.3) is 0 Å². The van der Waals surface area contributed by atoms with E-state index < -0.39 is 11.9 Å².